The number of hydrogen-bond donors (Lipinski definition) is 0. The zero-order valence-electron chi connectivity index (χ0n) is 15.8. The van der Waals surface area contributed by atoms with Gasteiger partial charge in [-0.3, -0.25) is 0 Å². The average Bonchev–Trinajstić information content (AvgIpc) is 3.17. The van der Waals surface area contributed by atoms with Gasteiger partial charge in [0.25, 0.3) is 0 Å². The molecule has 0 aliphatic heterocycles. The van der Waals surface area contributed by atoms with E-state index in [2.05, 4.69) is 16.0 Å². The van der Waals surface area contributed by atoms with Crippen LogP contribution in [0.3, 0.4) is 0 Å². The summed E-state index contributed by atoms with van der Waals surface area (Å²) in [7, 11) is 5.39. The summed E-state index contributed by atoms with van der Waals surface area (Å²) in [5.74, 6) is 1.71. The molecule has 0 radical (unpaired) electrons. The molecule has 0 aliphatic carbocycles. The van der Waals surface area contributed by atoms with E-state index in [9.17, 15) is 0 Å². The minimum atomic E-state index is 0.487. The van der Waals surface area contributed by atoms with Crippen LogP contribution in [0.15, 0.2) is 53.9 Å². The van der Waals surface area contributed by atoms with Crippen molar-refractivity contribution in [2.75, 3.05) is 26.2 Å². The van der Waals surface area contributed by atoms with Crippen LogP contribution in [0.25, 0.3) is 0 Å². The van der Waals surface area contributed by atoms with Crippen molar-refractivity contribution in [2.24, 2.45) is 0 Å². The number of anilines is 1. The summed E-state index contributed by atoms with van der Waals surface area (Å²) in [6.45, 7) is 1.79. The minimum absolute atomic E-state index is 0.487. The lowest BCUT2D eigenvalue weighted by molar-refractivity contribution is 0.105. The zero-order valence-corrected chi connectivity index (χ0v) is 16.7. The second kappa shape index (κ2) is 9.39. The van der Waals surface area contributed by atoms with Crippen molar-refractivity contribution in [3.63, 3.8) is 0 Å². The number of methoxy groups -OCH3 is 2. The predicted octanol–water partition coefficient (Wildman–Crippen LogP) is 4.51. The molecule has 0 spiro atoms. The molecule has 3 aromatic rings. The summed E-state index contributed by atoms with van der Waals surface area (Å²) in [5, 5.41) is 3.01. The molecular weight excluding hydrogens is 360 g/mol. The van der Waals surface area contributed by atoms with E-state index in [1.165, 1.54) is 5.56 Å². The largest absolute Gasteiger partial charge is 0.497 e. The summed E-state index contributed by atoms with van der Waals surface area (Å²) < 4.78 is 16.3. The Hall–Kier alpha value is -2.57. The number of nitrogens with zero attached hydrogens (tertiary/aromatic N) is 2. The van der Waals surface area contributed by atoms with Crippen LogP contribution in [0.5, 0.6) is 11.5 Å². The lowest BCUT2D eigenvalue weighted by atomic mass is 10.2. The van der Waals surface area contributed by atoms with Crippen molar-refractivity contribution >= 4 is 16.5 Å². The van der Waals surface area contributed by atoms with Gasteiger partial charge in [0, 0.05) is 19.0 Å². The van der Waals surface area contributed by atoms with E-state index in [-0.39, 0.29) is 0 Å². The van der Waals surface area contributed by atoms with Crippen molar-refractivity contribution in [2.45, 2.75) is 19.8 Å². The fraction of sp³-hybridized carbons (Fsp3) is 0.286. The quantitative estimate of drug-likeness (QED) is 0.543. The number of thiazole rings is 1. The van der Waals surface area contributed by atoms with Crippen LogP contribution >= 0.6 is 11.3 Å². The summed E-state index contributed by atoms with van der Waals surface area (Å²) >= 11 is 1.62. The Labute approximate surface area is 164 Å². The fourth-order valence-corrected chi connectivity index (χ4v) is 3.46. The maximum Gasteiger partial charge on any atom is 0.185 e. The lowest BCUT2D eigenvalue weighted by Crippen LogP contribution is -2.16. The van der Waals surface area contributed by atoms with Gasteiger partial charge in [-0.15, -0.1) is 11.3 Å². The normalized spacial score (nSPS) is 10.6. The fourth-order valence-electron chi connectivity index (χ4n) is 2.69. The first-order valence-electron chi connectivity index (χ1n) is 8.67. The maximum absolute atomic E-state index is 5.80. The number of ether oxygens (including phenoxy) is 3. The van der Waals surface area contributed by atoms with E-state index < -0.39 is 0 Å². The average molecular weight is 385 g/mol. The molecule has 0 bridgehead atoms. The first-order valence-corrected chi connectivity index (χ1v) is 9.55. The van der Waals surface area contributed by atoms with Crippen molar-refractivity contribution in [1.82, 2.24) is 4.98 Å². The molecule has 3 rings (SSSR count). The Kier molecular flexibility index (Phi) is 6.68. The number of benzene rings is 2. The number of aromatic nitrogens is 1. The molecular formula is C21H24N2O3S. The second-order valence-electron chi connectivity index (χ2n) is 6.17. The zero-order chi connectivity index (χ0) is 19.1. The van der Waals surface area contributed by atoms with E-state index >= 15 is 0 Å². The highest BCUT2D eigenvalue weighted by molar-refractivity contribution is 7.13. The van der Waals surface area contributed by atoms with E-state index in [1.807, 2.05) is 54.9 Å². The van der Waals surface area contributed by atoms with Gasteiger partial charge in [0.2, 0.25) is 0 Å². The Morgan fingerprint density at radius 1 is 0.926 bits per heavy atom. The van der Waals surface area contributed by atoms with Crippen LogP contribution in [-0.2, 0) is 24.5 Å². The van der Waals surface area contributed by atoms with Gasteiger partial charge in [-0.25, -0.2) is 4.98 Å². The van der Waals surface area contributed by atoms with Crippen LogP contribution in [0.1, 0.15) is 16.8 Å². The highest BCUT2D eigenvalue weighted by atomic mass is 32.1. The minimum Gasteiger partial charge on any atom is -0.497 e. The van der Waals surface area contributed by atoms with Gasteiger partial charge < -0.3 is 19.1 Å². The maximum atomic E-state index is 5.80. The van der Waals surface area contributed by atoms with Crippen LogP contribution < -0.4 is 14.4 Å². The second-order valence-corrected chi connectivity index (χ2v) is 7.01. The molecule has 0 atom stereocenters. The van der Waals surface area contributed by atoms with Crippen LogP contribution in [0.2, 0.25) is 0 Å². The third-order valence-electron chi connectivity index (χ3n) is 4.07. The van der Waals surface area contributed by atoms with Crippen molar-refractivity contribution in [3.8, 4) is 11.5 Å². The molecule has 1 aromatic heterocycles. The third-order valence-corrected chi connectivity index (χ3v) is 5.08. The molecule has 142 valence electrons. The molecule has 0 saturated carbocycles. The van der Waals surface area contributed by atoms with Crippen molar-refractivity contribution < 1.29 is 14.2 Å². The molecule has 0 saturated heterocycles. The summed E-state index contributed by atoms with van der Waals surface area (Å²) in [6.07, 6.45) is 0. The Morgan fingerprint density at radius 2 is 1.59 bits per heavy atom. The smallest absolute Gasteiger partial charge is 0.185 e. The van der Waals surface area contributed by atoms with Gasteiger partial charge in [-0.1, -0.05) is 24.3 Å². The predicted molar refractivity (Wildman–Crippen MR) is 109 cm³/mol. The van der Waals surface area contributed by atoms with Crippen LogP contribution in [0.4, 0.5) is 5.13 Å². The first kappa shape index (κ1) is 19.2. The molecule has 0 amide bonds. The van der Waals surface area contributed by atoms with Gasteiger partial charge in [0.15, 0.2) is 5.13 Å². The monoisotopic (exact) mass is 384 g/mol. The number of rotatable bonds is 9. The SMILES string of the molecule is COc1cccc(COCc2csc(N(C)Cc3cccc(OC)c3)n2)c1. The molecule has 0 aliphatic rings. The summed E-state index contributed by atoms with van der Waals surface area (Å²) in [6, 6.07) is 16.0. The molecule has 0 fully saturated rings. The molecule has 1 heterocycles. The molecule has 0 N–H and O–H groups in total. The van der Waals surface area contributed by atoms with Gasteiger partial charge in [-0.05, 0) is 35.4 Å². The molecule has 5 nitrogen and oxygen atoms in total. The Bertz CT molecular complexity index is 866. The molecule has 2 aromatic carbocycles. The Morgan fingerprint density at radius 3 is 2.30 bits per heavy atom. The highest BCUT2D eigenvalue weighted by Crippen LogP contribution is 2.23. The van der Waals surface area contributed by atoms with Crippen LogP contribution in [-0.4, -0.2) is 26.3 Å². The van der Waals surface area contributed by atoms with Crippen LogP contribution in [0, 0.1) is 0 Å². The molecule has 0 unspecified atom stereocenters. The van der Waals surface area contributed by atoms with Crippen molar-refractivity contribution in [3.05, 3.63) is 70.7 Å². The summed E-state index contributed by atoms with van der Waals surface area (Å²) in [4.78, 5) is 6.81. The Balaban J connectivity index is 1.52. The van der Waals surface area contributed by atoms with Crippen molar-refractivity contribution in [1.29, 1.82) is 0 Å². The van der Waals surface area contributed by atoms with Gasteiger partial charge in [-0.2, -0.15) is 0 Å². The number of hydrogen-bond acceptors (Lipinski definition) is 6. The van der Waals surface area contributed by atoms with Gasteiger partial charge in [0.05, 0.1) is 33.1 Å². The third kappa shape index (κ3) is 5.45. The van der Waals surface area contributed by atoms with Gasteiger partial charge in [0.1, 0.15) is 11.5 Å². The topological polar surface area (TPSA) is 43.8 Å². The molecule has 6 heteroatoms. The van der Waals surface area contributed by atoms with E-state index in [4.69, 9.17) is 14.2 Å². The summed E-state index contributed by atoms with van der Waals surface area (Å²) in [5.41, 5.74) is 3.21. The first-order chi connectivity index (χ1) is 13.2. The van der Waals surface area contributed by atoms with Gasteiger partial charge >= 0.3 is 0 Å². The lowest BCUT2D eigenvalue weighted by Gasteiger charge is -2.16. The standard InChI is InChI=1S/C21H24N2O3S/c1-23(12-16-6-4-8-19(10-16)24-2)21-22-18(15-27-21)14-26-13-17-7-5-9-20(11-17)25-3/h4-11,15H,12-14H2,1-3H3. The highest BCUT2D eigenvalue weighted by Gasteiger charge is 2.09. The van der Waals surface area contributed by atoms with E-state index in [0.717, 1.165) is 34.4 Å². The van der Waals surface area contributed by atoms with E-state index in [1.54, 1.807) is 25.6 Å². The van der Waals surface area contributed by atoms with E-state index in [0.29, 0.717) is 13.2 Å². The molecule has 27 heavy (non-hydrogen) atoms.